The molecule has 0 aliphatic rings. The molecule has 0 saturated carbocycles. The second kappa shape index (κ2) is 8.67. The summed E-state index contributed by atoms with van der Waals surface area (Å²) in [5.41, 5.74) is 5.59. The van der Waals surface area contributed by atoms with Crippen molar-refractivity contribution in [1.82, 2.24) is 15.4 Å². The summed E-state index contributed by atoms with van der Waals surface area (Å²) in [6, 6.07) is 15.5. The summed E-state index contributed by atoms with van der Waals surface area (Å²) in [7, 11) is 1.41. The Kier molecular flexibility index (Phi) is 5.79. The van der Waals surface area contributed by atoms with E-state index < -0.39 is 5.91 Å². The average molecular weight is 455 g/mol. The van der Waals surface area contributed by atoms with Crippen LogP contribution in [0.5, 0.6) is 11.5 Å². The molecule has 7 nitrogen and oxygen atoms in total. The van der Waals surface area contributed by atoms with Gasteiger partial charge in [-0.25, -0.2) is 10.4 Å². The lowest BCUT2D eigenvalue weighted by atomic mass is 10.2. The number of aromatic hydroxyl groups is 1. The number of amides is 1. The minimum absolute atomic E-state index is 0.117. The van der Waals surface area contributed by atoms with Crippen molar-refractivity contribution in [3.8, 4) is 22.9 Å². The Morgan fingerprint density at radius 3 is 2.74 bits per heavy atom. The molecule has 4 rings (SSSR count). The van der Waals surface area contributed by atoms with Crippen molar-refractivity contribution >= 4 is 46.4 Å². The van der Waals surface area contributed by atoms with E-state index in [0.717, 1.165) is 5.56 Å². The second-order valence-corrected chi connectivity index (χ2v) is 7.36. The van der Waals surface area contributed by atoms with Gasteiger partial charge < -0.3 is 14.8 Å². The minimum atomic E-state index is -0.399. The van der Waals surface area contributed by atoms with Crippen molar-refractivity contribution in [1.29, 1.82) is 0 Å². The van der Waals surface area contributed by atoms with Crippen LogP contribution >= 0.6 is 23.2 Å². The van der Waals surface area contributed by atoms with Crippen LogP contribution in [0.1, 0.15) is 15.9 Å². The van der Waals surface area contributed by atoms with E-state index in [2.05, 4.69) is 20.5 Å². The van der Waals surface area contributed by atoms with Gasteiger partial charge in [-0.1, -0.05) is 35.3 Å². The van der Waals surface area contributed by atoms with E-state index >= 15 is 0 Å². The van der Waals surface area contributed by atoms with Gasteiger partial charge in [-0.05, 0) is 48.0 Å². The molecule has 1 amide bonds. The molecule has 3 aromatic carbocycles. The van der Waals surface area contributed by atoms with Gasteiger partial charge in [0.15, 0.2) is 11.5 Å². The first kappa shape index (κ1) is 20.7. The van der Waals surface area contributed by atoms with Gasteiger partial charge in [0, 0.05) is 11.1 Å². The number of methoxy groups -OCH3 is 1. The highest BCUT2D eigenvalue weighted by Gasteiger charge is 2.12. The second-order valence-electron chi connectivity index (χ2n) is 6.55. The number of ether oxygens (including phenoxy) is 1. The van der Waals surface area contributed by atoms with Gasteiger partial charge in [-0.2, -0.15) is 5.10 Å². The van der Waals surface area contributed by atoms with Gasteiger partial charge in [0.05, 0.1) is 34.4 Å². The van der Waals surface area contributed by atoms with Crippen molar-refractivity contribution in [2.45, 2.75) is 0 Å². The summed E-state index contributed by atoms with van der Waals surface area (Å²) in [4.78, 5) is 20.2. The highest BCUT2D eigenvalue weighted by atomic mass is 35.5. The molecule has 156 valence electrons. The Hall–Kier alpha value is -3.55. The molecule has 1 aromatic heterocycles. The maximum Gasteiger partial charge on any atom is 0.271 e. The topological polar surface area (TPSA) is 99.6 Å². The van der Waals surface area contributed by atoms with Gasteiger partial charge in [-0.3, -0.25) is 4.79 Å². The van der Waals surface area contributed by atoms with E-state index in [4.69, 9.17) is 27.9 Å². The minimum Gasteiger partial charge on any atom is -0.503 e. The first-order valence-electron chi connectivity index (χ1n) is 9.11. The van der Waals surface area contributed by atoms with E-state index in [0.29, 0.717) is 33.0 Å². The molecule has 0 aliphatic carbocycles. The summed E-state index contributed by atoms with van der Waals surface area (Å²) in [5.74, 6) is 0.270. The molecule has 4 aromatic rings. The number of carbonyl (C=O) groups excluding carboxylic acids is 1. The van der Waals surface area contributed by atoms with Crippen molar-refractivity contribution in [2.24, 2.45) is 5.10 Å². The van der Waals surface area contributed by atoms with Gasteiger partial charge in [0.25, 0.3) is 5.91 Å². The number of hydrogen-bond acceptors (Lipinski definition) is 5. The predicted molar refractivity (Wildman–Crippen MR) is 121 cm³/mol. The third-order valence-corrected chi connectivity index (χ3v) is 5.14. The number of H-pyrrole nitrogens is 1. The standard InChI is InChI=1S/C22H16Cl2N4O3/c1-31-19-9-12(8-16(24)20(19)29)11-25-28-22(30)13-6-7-17-18(10-13)27-21(26-17)14-4-2-3-5-15(14)23/h2-11,29H,1H3,(H,26,27)(H,28,30)/b25-11+. The van der Waals surface area contributed by atoms with Crippen LogP contribution < -0.4 is 10.2 Å². The average Bonchev–Trinajstić information content (AvgIpc) is 3.19. The summed E-state index contributed by atoms with van der Waals surface area (Å²) >= 11 is 12.2. The normalized spacial score (nSPS) is 11.2. The third kappa shape index (κ3) is 4.33. The Labute approximate surface area is 187 Å². The number of imidazole rings is 1. The molecule has 1 heterocycles. The van der Waals surface area contributed by atoms with E-state index in [1.165, 1.54) is 19.4 Å². The number of carbonyl (C=O) groups is 1. The number of fused-ring (bicyclic) bond motifs is 1. The first-order chi connectivity index (χ1) is 15.0. The Morgan fingerprint density at radius 2 is 1.97 bits per heavy atom. The van der Waals surface area contributed by atoms with Gasteiger partial charge in [-0.15, -0.1) is 0 Å². The number of hydrazone groups is 1. The summed E-state index contributed by atoms with van der Waals surface area (Å²) < 4.78 is 5.04. The Morgan fingerprint density at radius 1 is 1.16 bits per heavy atom. The maximum absolute atomic E-state index is 12.5. The molecule has 0 radical (unpaired) electrons. The highest BCUT2D eigenvalue weighted by molar-refractivity contribution is 6.33. The number of aromatic nitrogens is 2. The fourth-order valence-corrected chi connectivity index (χ4v) is 3.43. The largest absolute Gasteiger partial charge is 0.503 e. The predicted octanol–water partition coefficient (Wildman–Crippen LogP) is 5.01. The SMILES string of the molecule is COc1cc(/C=N/NC(=O)c2ccc3nc(-c4ccccc4Cl)[nH]c3c2)cc(Cl)c1O. The molecule has 3 N–H and O–H groups in total. The van der Waals surface area contributed by atoms with Crippen LogP contribution in [0, 0.1) is 0 Å². The monoisotopic (exact) mass is 454 g/mol. The van der Waals surface area contributed by atoms with Gasteiger partial charge >= 0.3 is 0 Å². The fraction of sp³-hybridized carbons (Fsp3) is 0.0455. The van der Waals surface area contributed by atoms with Gasteiger partial charge in [0.2, 0.25) is 0 Å². The van der Waals surface area contributed by atoms with E-state index in [9.17, 15) is 9.90 Å². The van der Waals surface area contributed by atoms with Crippen molar-refractivity contribution < 1.29 is 14.6 Å². The molecule has 9 heteroatoms. The number of nitrogens with zero attached hydrogens (tertiary/aromatic N) is 2. The van der Waals surface area contributed by atoms with Crippen molar-refractivity contribution in [3.63, 3.8) is 0 Å². The van der Waals surface area contributed by atoms with Crippen LogP contribution in [-0.4, -0.2) is 34.3 Å². The number of hydrogen-bond donors (Lipinski definition) is 3. The van der Waals surface area contributed by atoms with E-state index in [-0.39, 0.29) is 16.5 Å². The number of rotatable bonds is 5. The number of benzene rings is 3. The zero-order chi connectivity index (χ0) is 22.0. The molecular weight excluding hydrogens is 439 g/mol. The fourth-order valence-electron chi connectivity index (χ4n) is 2.99. The molecule has 0 fully saturated rings. The third-order valence-electron chi connectivity index (χ3n) is 4.52. The summed E-state index contributed by atoms with van der Waals surface area (Å²) in [6.07, 6.45) is 1.40. The lowest BCUT2D eigenvalue weighted by Crippen LogP contribution is -2.17. The van der Waals surface area contributed by atoms with Crippen LogP contribution in [0.4, 0.5) is 0 Å². The molecule has 0 bridgehead atoms. The highest BCUT2D eigenvalue weighted by Crippen LogP contribution is 2.34. The van der Waals surface area contributed by atoms with Crippen LogP contribution in [0.25, 0.3) is 22.4 Å². The molecule has 0 atom stereocenters. The zero-order valence-corrected chi connectivity index (χ0v) is 17.7. The van der Waals surface area contributed by atoms with Gasteiger partial charge in [0.1, 0.15) is 5.82 Å². The lowest BCUT2D eigenvalue weighted by molar-refractivity contribution is 0.0955. The van der Waals surface area contributed by atoms with Crippen LogP contribution in [-0.2, 0) is 0 Å². The number of phenolic OH excluding ortho intramolecular Hbond substituents is 1. The lowest BCUT2D eigenvalue weighted by Gasteiger charge is -2.06. The smallest absolute Gasteiger partial charge is 0.271 e. The number of aromatic amines is 1. The van der Waals surface area contributed by atoms with Crippen LogP contribution in [0.2, 0.25) is 10.0 Å². The molecule has 0 saturated heterocycles. The van der Waals surface area contributed by atoms with Crippen LogP contribution in [0.3, 0.4) is 0 Å². The quantitative estimate of drug-likeness (QED) is 0.291. The Bertz CT molecular complexity index is 1320. The zero-order valence-electron chi connectivity index (χ0n) is 16.2. The molecule has 31 heavy (non-hydrogen) atoms. The molecule has 0 aliphatic heterocycles. The maximum atomic E-state index is 12.5. The van der Waals surface area contributed by atoms with E-state index in [1.807, 2.05) is 18.2 Å². The van der Waals surface area contributed by atoms with Crippen LogP contribution in [0.15, 0.2) is 59.7 Å². The van der Waals surface area contributed by atoms with Crippen molar-refractivity contribution in [2.75, 3.05) is 7.11 Å². The number of phenols is 1. The molecule has 0 unspecified atom stereocenters. The number of nitrogens with one attached hydrogen (secondary N) is 2. The van der Waals surface area contributed by atoms with E-state index in [1.54, 1.807) is 30.3 Å². The summed E-state index contributed by atoms with van der Waals surface area (Å²) in [5, 5.41) is 14.4. The Balaban J connectivity index is 1.52. The molecule has 0 spiro atoms. The number of halogens is 2. The summed E-state index contributed by atoms with van der Waals surface area (Å²) in [6.45, 7) is 0. The van der Waals surface area contributed by atoms with Crippen molar-refractivity contribution in [3.05, 3.63) is 75.8 Å². The first-order valence-corrected chi connectivity index (χ1v) is 9.86. The molecular formula is C22H16Cl2N4O3.